The molecule has 0 saturated carbocycles. The fraction of sp³-hybridized carbons (Fsp3) is 0.381. The number of hydrogen-bond donors (Lipinski definition) is 1. The Morgan fingerprint density at radius 1 is 1.21 bits per heavy atom. The third-order valence-electron chi connectivity index (χ3n) is 5.20. The number of piperazine rings is 1. The molecule has 0 spiro atoms. The highest BCUT2D eigenvalue weighted by Crippen LogP contribution is 2.22. The summed E-state index contributed by atoms with van der Waals surface area (Å²) < 4.78 is 4.50. The second-order valence-electron chi connectivity index (χ2n) is 7.16. The number of nitrogens with one attached hydrogen (secondary N) is 1. The minimum absolute atomic E-state index is 0.341. The Balaban J connectivity index is 2.09. The summed E-state index contributed by atoms with van der Waals surface area (Å²) in [6.45, 7) is 7.31. The molecule has 1 aromatic carbocycles. The van der Waals surface area contributed by atoms with Gasteiger partial charge in [0, 0.05) is 33.2 Å². The highest BCUT2D eigenvalue weighted by atomic mass is 16.2. The van der Waals surface area contributed by atoms with Crippen molar-refractivity contribution in [2.45, 2.75) is 20.4 Å². The van der Waals surface area contributed by atoms with E-state index < -0.39 is 5.69 Å². The van der Waals surface area contributed by atoms with Gasteiger partial charge in [0.05, 0.1) is 12.2 Å². The van der Waals surface area contributed by atoms with Crippen LogP contribution in [0.1, 0.15) is 12.5 Å². The lowest BCUT2D eigenvalue weighted by Gasteiger charge is -2.28. The molecule has 0 atom stereocenters. The van der Waals surface area contributed by atoms with Gasteiger partial charge in [0.15, 0.2) is 11.2 Å². The second-order valence-corrected chi connectivity index (χ2v) is 7.16. The Morgan fingerprint density at radius 2 is 1.97 bits per heavy atom. The zero-order valence-electron chi connectivity index (χ0n) is 16.9. The predicted octanol–water partition coefficient (Wildman–Crippen LogP) is 0.627. The minimum atomic E-state index is -0.411. The molecule has 2 aromatic heterocycles. The van der Waals surface area contributed by atoms with E-state index in [0.717, 1.165) is 36.3 Å². The Labute approximate surface area is 168 Å². The summed E-state index contributed by atoms with van der Waals surface area (Å²) in [5.41, 5.74) is 1.70. The summed E-state index contributed by atoms with van der Waals surface area (Å²) in [7, 11) is 1.50. The Kier molecular flexibility index (Phi) is 4.99. The molecule has 3 heterocycles. The van der Waals surface area contributed by atoms with Crippen LogP contribution in [-0.4, -0.2) is 44.9 Å². The van der Waals surface area contributed by atoms with Crippen molar-refractivity contribution in [2.75, 3.05) is 31.1 Å². The van der Waals surface area contributed by atoms with Gasteiger partial charge in [-0.1, -0.05) is 18.1 Å². The Hall–Kier alpha value is -3.31. The monoisotopic (exact) mass is 392 g/mol. The lowest BCUT2D eigenvalue weighted by atomic mass is 10.2. The predicted molar refractivity (Wildman–Crippen MR) is 114 cm³/mol. The normalized spacial score (nSPS) is 14.1. The summed E-state index contributed by atoms with van der Waals surface area (Å²) in [6, 6.07) is 7.63. The fourth-order valence-corrected chi connectivity index (χ4v) is 3.70. The van der Waals surface area contributed by atoms with Crippen LogP contribution in [0.25, 0.3) is 16.9 Å². The summed E-state index contributed by atoms with van der Waals surface area (Å²) >= 11 is 0. The van der Waals surface area contributed by atoms with Crippen molar-refractivity contribution >= 4 is 17.1 Å². The molecule has 0 amide bonds. The number of aromatic nitrogens is 4. The molecule has 0 bridgehead atoms. The number of fused-ring (bicyclic) bond motifs is 1. The summed E-state index contributed by atoms with van der Waals surface area (Å²) in [6.07, 6.45) is 0. The molecule has 0 unspecified atom stereocenters. The number of nitrogens with zero attached hydrogens (tertiary/aromatic N) is 5. The van der Waals surface area contributed by atoms with Crippen LogP contribution in [0.4, 0.5) is 5.95 Å². The lowest BCUT2D eigenvalue weighted by Crippen LogP contribution is -2.44. The second kappa shape index (κ2) is 7.60. The molecule has 1 N–H and O–H groups in total. The zero-order valence-corrected chi connectivity index (χ0v) is 16.9. The van der Waals surface area contributed by atoms with Gasteiger partial charge in [-0.15, -0.1) is 5.92 Å². The number of benzene rings is 1. The summed E-state index contributed by atoms with van der Waals surface area (Å²) in [5.74, 6) is 6.61. The van der Waals surface area contributed by atoms with Crippen molar-refractivity contribution in [3.63, 3.8) is 0 Å². The molecule has 0 aliphatic carbocycles. The topological polar surface area (TPSA) is 77.1 Å². The molecule has 0 radical (unpaired) electrons. The molecule has 8 nitrogen and oxygen atoms in total. The van der Waals surface area contributed by atoms with Crippen LogP contribution >= 0.6 is 0 Å². The smallest absolute Gasteiger partial charge is 0.337 e. The average Bonchev–Trinajstić information content (AvgIpc) is 3.10. The van der Waals surface area contributed by atoms with Crippen molar-refractivity contribution in [3.8, 4) is 17.5 Å². The Morgan fingerprint density at radius 3 is 2.66 bits per heavy atom. The molecule has 1 fully saturated rings. The first kappa shape index (κ1) is 19.0. The van der Waals surface area contributed by atoms with Crippen molar-refractivity contribution in [1.82, 2.24) is 24.0 Å². The first-order valence-electron chi connectivity index (χ1n) is 9.67. The van der Waals surface area contributed by atoms with Gasteiger partial charge in [-0.25, -0.2) is 9.36 Å². The maximum absolute atomic E-state index is 13.1. The number of imidazole rings is 1. The van der Waals surface area contributed by atoms with Gasteiger partial charge in [0.1, 0.15) is 0 Å². The molecule has 8 heteroatoms. The van der Waals surface area contributed by atoms with E-state index in [4.69, 9.17) is 4.98 Å². The third kappa shape index (κ3) is 3.23. The van der Waals surface area contributed by atoms with Crippen LogP contribution < -0.4 is 21.5 Å². The van der Waals surface area contributed by atoms with Crippen LogP contribution in [0.15, 0.2) is 33.9 Å². The van der Waals surface area contributed by atoms with Crippen LogP contribution in [0, 0.1) is 18.8 Å². The average molecular weight is 392 g/mol. The molecule has 3 aromatic rings. The van der Waals surface area contributed by atoms with E-state index in [2.05, 4.69) is 22.1 Å². The largest absolute Gasteiger partial charge is 0.340 e. The van der Waals surface area contributed by atoms with E-state index in [-0.39, 0.29) is 5.56 Å². The highest BCUT2D eigenvalue weighted by Gasteiger charge is 2.24. The quantitative estimate of drug-likeness (QED) is 0.662. The molecular weight excluding hydrogens is 368 g/mol. The fourth-order valence-electron chi connectivity index (χ4n) is 3.70. The van der Waals surface area contributed by atoms with Gasteiger partial charge in [-0.2, -0.15) is 4.98 Å². The maximum atomic E-state index is 13.1. The SMILES string of the molecule is CC#CCn1c(N2CCNCC2)nc2c1c(=O)n(C)c(=O)n2-c1cccc(C)c1. The molecule has 1 aliphatic rings. The van der Waals surface area contributed by atoms with Crippen LogP contribution in [0.3, 0.4) is 0 Å². The van der Waals surface area contributed by atoms with Crippen molar-refractivity contribution in [1.29, 1.82) is 0 Å². The minimum Gasteiger partial charge on any atom is -0.340 e. The van der Waals surface area contributed by atoms with Crippen molar-refractivity contribution in [2.24, 2.45) is 7.05 Å². The molecule has 1 saturated heterocycles. The summed E-state index contributed by atoms with van der Waals surface area (Å²) in [4.78, 5) is 33.1. The van der Waals surface area contributed by atoms with Crippen LogP contribution in [-0.2, 0) is 13.6 Å². The maximum Gasteiger partial charge on any atom is 0.337 e. The van der Waals surface area contributed by atoms with E-state index in [1.54, 1.807) is 6.92 Å². The van der Waals surface area contributed by atoms with Gasteiger partial charge in [0.2, 0.25) is 5.95 Å². The number of aryl methyl sites for hydroxylation is 1. The van der Waals surface area contributed by atoms with Gasteiger partial charge in [-0.05, 0) is 31.5 Å². The molecule has 29 heavy (non-hydrogen) atoms. The summed E-state index contributed by atoms with van der Waals surface area (Å²) in [5, 5.41) is 3.33. The molecule has 4 rings (SSSR count). The zero-order chi connectivity index (χ0) is 20.5. The van der Waals surface area contributed by atoms with Crippen LogP contribution in [0.5, 0.6) is 0 Å². The molecular formula is C21H24N6O2. The van der Waals surface area contributed by atoms with E-state index in [0.29, 0.717) is 29.3 Å². The Bertz CT molecular complexity index is 1250. The first-order valence-corrected chi connectivity index (χ1v) is 9.67. The third-order valence-corrected chi connectivity index (χ3v) is 5.20. The van der Waals surface area contributed by atoms with Crippen LogP contribution in [0.2, 0.25) is 0 Å². The van der Waals surface area contributed by atoms with E-state index >= 15 is 0 Å². The molecule has 150 valence electrons. The van der Waals surface area contributed by atoms with Gasteiger partial charge >= 0.3 is 5.69 Å². The highest BCUT2D eigenvalue weighted by molar-refractivity contribution is 5.76. The number of rotatable bonds is 3. The van der Waals surface area contributed by atoms with Gasteiger partial charge in [0.25, 0.3) is 5.56 Å². The van der Waals surface area contributed by atoms with Gasteiger partial charge in [-0.3, -0.25) is 13.9 Å². The first-order chi connectivity index (χ1) is 14.0. The van der Waals surface area contributed by atoms with E-state index in [1.165, 1.54) is 11.6 Å². The van der Waals surface area contributed by atoms with Crippen molar-refractivity contribution in [3.05, 3.63) is 50.7 Å². The van der Waals surface area contributed by atoms with E-state index in [1.807, 2.05) is 35.8 Å². The number of hydrogen-bond acceptors (Lipinski definition) is 5. The number of anilines is 1. The van der Waals surface area contributed by atoms with E-state index in [9.17, 15) is 9.59 Å². The standard InChI is InChI=1S/C21H24N6O2/c1-4-5-11-26-17-18(23-20(26)25-12-9-22-10-13-25)27(21(29)24(3)19(17)28)16-8-6-7-15(2)14-16/h6-8,14,22H,9-13H2,1-3H3. The lowest BCUT2D eigenvalue weighted by molar-refractivity contribution is 0.573. The van der Waals surface area contributed by atoms with Gasteiger partial charge < -0.3 is 10.2 Å². The molecule has 1 aliphatic heterocycles. The van der Waals surface area contributed by atoms with Crippen molar-refractivity contribution < 1.29 is 0 Å².